The molecular formula is C10H15NO3S. The zero-order valence-corrected chi connectivity index (χ0v) is 9.37. The number of benzene rings is 1. The number of aliphatic hydroxyl groups is 1. The van der Waals surface area contributed by atoms with E-state index >= 15 is 0 Å². The summed E-state index contributed by atoms with van der Waals surface area (Å²) in [6.07, 6.45) is -0.976. The zero-order valence-electron chi connectivity index (χ0n) is 8.55. The Balaban J connectivity index is 2.78. The van der Waals surface area contributed by atoms with Gasteiger partial charge in [-0.05, 0) is 17.7 Å². The lowest BCUT2D eigenvalue weighted by atomic mass is 10.1. The van der Waals surface area contributed by atoms with Crippen molar-refractivity contribution in [2.45, 2.75) is 13.0 Å². The Labute approximate surface area is 89.7 Å². The Morgan fingerprint density at radius 2 is 1.87 bits per heavy atom. The average Bonchev–Trinajstić information content (AvgIpc) is 2.18. The van der Waals surface area contributed by atoms with Crippen LogP contribution in [0.4, 0.5) is 5.69 Å². The first kappa shape index (κ1) is 12.0. The van der Waals surface area contributed by atoms with Gasteiger partial charge in [0.2, 0.25) is 0 Å². The fourth-order valence-electron chi connectivity index (χ4n) is 1.17. The maximum absolute atomic E-state index is 11.3. The Morgan fingerprint density at radius 3 is 2.33 bits per heavy atom. The van der Waals surface area contributed by atoms with Gasteiger partial charge in [-0.15, -0.1) is 0 Å². The van der Waals surface area contributed by atoms with Gasteiger partial charge in [-0.25, -0.2) is 8.42 Å². The third-order valence-corrected chi connectivity index (χ3v) is 3.88. The molecular weight excluding hydrogens is 214 g/mol. The van der Waals surface area contributed by atoms with Crippen molar-refractivity contribution in [2.75, 3.05) is 17.2 Å². The molecule has 15 heavy (non-hydrogen) atoms. The molecule has 1 aromatic carbocycles. The number of rotatable bonds is 4. The maximum atomic E-state index is 11.3. The molecule has 0 aliphatic heterocycles. The zero-order chi connectivity index (χ0) is 11.5. The summed E-state index contributed by atoms with van der Waals surface area (Å²) in [4.78, 5) is 0. The predicted molar refractivity (Wildman–Crippen MR) is 60.1 cm³/mol. The van der Waals surface area contributed by atoms with Crippen molar-refractivity contribution in [2.24, 2.45) is 0 Å². The maximum Gasteiger partial charge on any atom is 0.152 e. The summed E-state index contributed by atoms with van der Waals surface area (Å²) in [5.74, 6) is -0.202. The average molecular weight is 229 g/mol. The minimum absolute atomic E-state index is 0.0407. The summed E-state index contributed by atoms with van der Waals surface area (Å²) >= 11 is 0. The fraction of sp³-hybridized carbons (Fsp3) is 0.400. The molecule has 0 fully saturated rings. The van der Waals surface area contributed by atoms with Gasteiger partial charge < -0.3 is 10.8 Å². The molecule has 0 aromatic heterocycles. The lowest BCUT2D eigenvalue weighted by Gasteiger charge is -2.10. The van der Waals surface area contributed by atoms with E-state index in [1.807, 2.05) is 0 Å². The molecule has 1 rings (SSSR count). The van der Waals surface area contributed by atoms with Crippen LogP contribution in [-0.4, -0.2) is 25.0 Å². The number of nitrogens with two attached hydrogens (primary N) is 1. The molecule has 0 saturated heterocycles. The van der Waals surface area contributed by atoms with E-state index in [9.17, 15) is 13.5 Å². The molecule has 4 nitrogen and oxygen atoms in total. The van der Waals surface area contributed by atoms with Gasteiger partial charge in [0.25, 0.3) is 0 Å². The van der Waals surface area contributed by atoms with Crippen molar-refractivity contribution < 1.29 is 13.5 Å². The predicted octanol–water partition coefficient (Wildman–Crippen LogP) is 0.737. The smallest absolute Gasteiger partial charge is 0.152 e. The van der Waals surface area contributed by atoms with Gasteiger partial charge in [0.1, 0.15) is 0 Å². The van der Waals surface area contributed by atoms with Crippen LogP contribution in [0.2, 0.25) is 0 Å². The lowest BCUT2D eigenvalue weighted by Crippen LogP contribution is -2.16. The highest BCUT2D eigenvalue weighted by molar-refractivity contribution is 7.91. The molecule has 0 spiro atoms. The highest BCUT2D eigenvalue weighted by Crippen LogP contribution is 2.16. The molecule has 0 aliphatic rings. The van der Waals surface area contributed by atoms with Gasteiger partial charge in [-0.3, -0.25) is 0 Å². The molecule has 0 bridgehead atoms. The largest absolute Gasteiger partial charge is 0.399 e. The minimum atomic E-state index is -3.16. The van der Waals surface area contributed by atoms with E-state index in [2.05, 4.69) is 0 Å². The first-order chi connectivity index (χ1) is 6.94. The van der Waals surface area contributed by atoms with Crippen molar-refractivity contribution >= 4 is 15.5 Å². The Bertz CT molecular complexity index is 411. The molecule has 5 heteroatoms. The minimum Gasteiger partial charge on any atom is -0.399 e. The summed E-state index contributed by atoms with van der Waals surface area (Å²) in [6, 6.07) is 6.53. The van der Waals surface area contributed by atoms with Gasteiger partial charge in [-0.2, -0.15) is 0 Å². The van der Waals surface area contributed by atoms with Crippen LogP contribution in [-0.2, 0) is 9.84 Å². The normalized spacial score (nSPS) is 13.7. The number of hydrogen-bond acceptors (Lipinski definition) is 4. The fourth-order valence-corrected chi connectivity index (χ4v) is 2.08. The second-order valence-corrected chi connectivity index (χ2v) is 5.78. The number of hydrogen-bond donors (Lipinski definition) is 2. The van der Waals surface area contributed by atoms with Gasteiger partial charge in [0.05, 0.1) is 11.9 Å². The Morgan fingerprint density at radius 1 is 1.33 bits per heavy atom. The summed E-state index contributed by atoms with van der Waals surface area (Å²) in [5.41, 5.74) is 6.64. The first-order valence-corrected chi connectivity index (χ1v) is 6.50. The summed E-state index contributed by atoms with van der Waals surface area (Å²) in [5, 5.41) is 9.66. The van der Waals surface area contributed by atoms with Crippen LogP contribution in [0.15, 0.2) is 24.3 Å². The quantitative estimate of drug-likeness (QED) is 0.746. The second kappa shape index (κ2) is 4.63. The van der Waals surface area contributed by atoms with Crippen molar-refractivity contribution in [3.8, 4) is 0 Å². The molecule has 0 aliphatic carbocycles. The number of aliphatic hydroxyl groups excluding tert-OH is 1. The third kappa shape index (κ3) is 3.53. The molecule has 0 radical (unpaired) electrons. The van der Waals surface area contributed by atoms with Gasteiger partial charge >= 0.3 is 0 Å². The van der Waals surface area contributed by atoms with Crippen LogP contribution >= 0.6 is 0 Å². The van der Waals surface area contributed by atoms with Crippen LogP contribution in [0.3, 0.4) is 0 Å². The van der Waals surface area contributed by atoms with E-state index in [1.165, 1.54) is 0 Å². The molecule has 84 valence electrons. The van der Waals surface area contributed by atoms with Crippen molar-refractivity contribution in [3.05, 3.63) is 29.8 Å². The van der Waals surface area contributed by atoms with E-state index < -0.39 is 15.9 Å². The molecule has 1 atom stereocenters. The highest BCUT2D eigenvalue weighted by atomic mass is 32.2. The van der Waals surface area contributed by atoms with Crippen molar-refractivity contribution in [1.29, 1.82) is 0 Å². The topological polar surface area (TPSA) is 80.4 Å². The molecule has 0 amide bonds. The van der Waals surface area contributed by atoms with Crippen molar-refractivity contribution in [1.82, 2.24) is 0 Å². The van der Waals surface area contributed by atoms with Gasteiger partial charge in [0, 0.05) is 11.4 Å². The molecule has 1 unspecified atom stereocenters. The van der Waals surface area contributed by atoms with Crippen LogP contribution in [0, 0.1) is 0 Å². The standard InChI is InChI=1S/C10H15NO3S/c1-2-15(13,14)7-10(12)8-3-5-9(11)6-4-8/h3-6,10,12H,2,7,11H2,1H3. The molecule has 0 saturated carbocycles. The van der Waals surface area contributed by atoms with E-state index in [-0.39, 0.29) is 11.5 Å². The van der Waals surface area contributed by atoms with E-state index in [0.29, 0.717) is 11.3 Å². The SMILES string of the molecule is CCS(=O)(=O)CC(O)c1ccc(N)cc1. The van der Waals surface area contributed by atoms with E-state index in [1.54, 1.807) is 31.2 Å². The number of anilines is 1. The van der Waals surface area contributed by atoms with Crippen molar-refractivity contribution in [3.63, 3.8) is 0 Å². The van der Waals surface area contributed by atoms with Crippen LogP contribution in [0.1, 0.15) is 18.6 Å². The van der Waals surface area contributed by atoms with Gasteiger partial charge in [0.15, 0.2) is 9.84 Å². The summed E-state index contributed by atoms with van der Waals surface area (Å²) < 4.78 is 22.5. The first-order valence-electron chi connectivity index (χ1n) is 4.68. The molecule has 0 heterocycles. The second-order valence-electron chi connectivity index (χ2n) is 3.38. The number of sulfone groups is 1. The summed E-state index contributed by atoms with van der Waals surface area (Å²) in [7, 11) is -3.16. The van der Waals surface area contributed by atoms with Crippen LogP contribution < -0.4 is 5.73 Å². The van der Waals surface area contributed by atoms with Crippen LogP contribution in [0.5, 0.6) is 0 Å². The van der Waals surface area contributed by atoms with Crippen LogP contribution in [0.25, 0.3) is 0 Å². The summed E-state index contributed by atoms with van der Waals surface area (Å²) in [6.45, 7) is 1.56. The van der Waals surface area contributed by atoms with E-state index in [0.717, 1.165) is 0 Å². The third-order valence-electron chi connectivity index (χ3n) is 2.17. The Kier molecular flexibility index (Phi) is 3.71. The molecule has 3 N–H and O–H groups in total. The highest BCUT2D eigenvalue weighted by Gasteiger charge is 2.16. The number of nitrogen functional groups attached to an aromatic ring is 1. The molecule has 1 aromatic rings. The Hall–Kier alpha value is -1.07. The lowest BCUT2D eigenvalue weighted by molar-refractivity contribution is 0.201. The van der Waals surface area contributed by atoms with E-state index in [4.69, 9.17) is 5.73 Å². The monoisotopic (exact) mass is 229 g/mol. The van der Waals surface area contributed by atoms with Gasteiger partial charge in [-0.1, -0.05) is 19.1 Å².